The summed E-state index contributed by atoms with van der Waals surface area (Å²) in [6, 6.07) is -1.10. The summed E-state index contributed by atoms with van der Waals surface area (Å²) in [5, 5.41) is 12.1. The highest BCUT2D eigenvalue weighted by Crippen LogP contribution is 2.44. The summed E-state index contributed by atoms with van der Waals surface area (Å²) in [4.78, 5) is 60.3. The van der Waals surface area contributed by atoms with Crippen molar-refractivity contribution in [2.75, 3.05) is 27.9 Å². The van der Waals surface area contributed by atoms with Crippen molar-refractivity contribution in [3.05, 3.63) is 23.3 Å². The number of fused-ring (bicyclic) bond motifs is 3. The van der Waals surface area contributed by atoms with Crippen molar-refractivity contribution in [1.29, 1.82) is 0 Å². The highest BCUT2D eigenvalue weighted by molar-refractivity contribution is 6.74. The van der Waals surface area contributed by atoms with E-state index in [1.54, 1.807) is 28.3 Å². The molecule has 2 saturated heterocycles. The van der Waals surface area contributed by atoms with Crippen molar-refractivity contribution < 1.29 is 56.8 Å². The van der Waals surface area contributed by atoms with Crippen LogP contribution in [0.15, 0.2) is 23.3 Å². The zero-order valence-corrected chi connectivity index (χ0v) is 49.0. The summed E-state index contributed by atoms with van der Waals surface area (Å²) in [6.07, 6.45) is 6.65. The molecule has 0 aromatic heterocycles. The van der Waals surface area contributed by atoms with E-state index in [2.05, 4.69) is 93.7 Å². The molecule has 0 aromatic rings. The number of carbonyl (C=O) groups excluding carboxylic acids is 4. The van der Waals surface area contributed by atoms with Gasteiger partial charge in [-0.25, -0.2) is 4.79 Å². The molecule has 0 aromatic carbocycles. The number of rotatable bonds is 10. The van der Waals surface area contributed by atoms with Gasteiger partial charge in [0.05, 0.1) is 30.5 Å². The molecule has 4 rings (SSSR count). The minimum atomic E-state index is -2.54. The van der Waals surface area contributed by atoms with Crippen LogP contribution in [-0.2, 0) is 51.7 Å². The van der Waals surface area contributed by atoms with Gasteiger partial charge in [-0.15, -0.1) is 0 Å². The summed E-state index contributed by atoms with van der Waals surface area (Å²) < 4.78 is 45.4. The Hall–Kier alpha value is -2.09. The number of aliphatic hydroxyl groups is 1. The van der Waals surface area contributed by atoms with Crippen LogP contribution in [0.3, 0.4) is 0 Å². The summed E-state index contributed by atoms with van der Waals surface area (Å²) >= 11 is 0. The predicted octanol–water partition coefficient (Wildman–Crippen LogP) is 10.5. The normalized spacial score (nSPS) is 36.7. The molecular weight excluding hydrogens is 923 g/mol. The highest BCUT2D eigenvalue weighted by Gasteiger charge is 2.57. The van der Waals surface area contributed by atoms with Crippen LogP contribution in [0.25, 0.3) is 0 Å². The number of nitrogens with zero attached hydrogens (tertiary/aromatic N) is 1. The zero-order chi connectivity index (χ0) is 52.9. The van der Waals surface area contributed by atoms with Gasteiger partial charge in [0.15, 0.2) is 16.6 Å². The van der Waals surface area contributed by atoms with Gasteiger partial charge in [-0.05, 0) is 132 Å². The van der Waals surface area contributed by atoms with E-state index in [1.807, 2.05) is 20.8 Å². The van der Waals surface area contributed by atoms with Crippen LogP contribution in [0.5, 0.6) is 0 Å². The quantitative estimate of drug-likeness (QED) is 0.0958. The number of ketones is 2. The van der Waals surface area contributed by atoms with Gasteiger partial charge in [-0.3, -0.25) is 14.4 Å². The number of piperidine rings is 1. The lowest BCUT2D eigenvalue weighted by Crippen LogP contribution is -2.64. The number of hydrogen-bond donors (Lipinski definition) is 1. The van der Waals surface area contributed by atoms with Crippen molar-refractivity contribution in [3.63, 3.8) is 0 Å². The average Bonchev–Trinajstić information content (AvgIpc) is 3.27. The molecule has 4 aliphatic rings. The van der Waals surface area contributed by atoms with Crippen molar-refractivity contribution in [1.82, 2.24) is 4.90 Å². The first-order valence-corrected chi connectivity index (χ1v) is 32.5. The highest BCUT2D eigenvalue weighted by atomic mass is 28.4. The molecule has 14 atom stereocenters. The second-order valence-corrected chi connectivity index (χ2v) is 34.4. The Morgan fingerprint density at radius 1 is 0.800 bits per heavy atom. The van der Waals surface area contributed by atoms with Crippen LogP contribution in [0.2, 0.25) is 36.3 Å². The van der Waals surface area contributed by atoms with Gasteiger partial charge in [-0.1, -0.05) is 87.0 Å². The van der Waals surface area contributed by atoms with Crippen LogP contribution in [0.1, 0.15) is 154 Å². The number of cyclic esters (lactones) is 1. The van der Waals surface area contributed by atoms with Gasteiger partial charge in [0.25, 0.3) is 11.7 Å². The fourth-order valence-corrected chi connectivity index (χ4v) is 13.5. The van der Waals surface area contributed by atoms with Crippen molar-refractivity contribution in [2.45, 2.75) is 245 Å². The number of hydrogen-bond acceptors (Lipinski definition) is 12. The molecule has 1 saturated carbocycles. The Labute approximate surface area is 425 Å². The molecule has 70 heavy (non-hydrogen) atoms. The molecule has 15 heteroatoms. The minimum absolute atomic E-state index is 0.0335. The number of ether oxygens (including phenoxy) is 5. The Morgan fingerprint density at radius 3 is 1.93 bits per heavy atom. The van der Waals surface area contributed by atoms with Crippen LogP contribution in [0, 0.1) is 29.6 Å². The molecule has 402 valence electrons. The Morgan fingerprint density at radius 2 is 1.37 bits per heavy atom. The number of amides is 1. The third-order valence-corrected chi connectivity index (χ3v) is 26.4. The zero-order valence-electron chi connectivity index (χ0n) is 47.0. The first-order valence-electron chi connectivity index (χ1n) is 26.6. The third kappa shape index (κ3) is 14.4. The van der Waals surface area contributed by atoms with E-state index < -0.39 is 88.5 Å². The van der Waals surface area contributed by atoms with Crippen LogP contribution in [-0.4, -0.2) is 133 Å². The van der Waals surface area contributed by atoms with Gasteiger partial charge < -0.3 is 42.5 Å². The summed E-state index contributed by atoms with van der Waals surface area (Å²) in [6.45, 7) is 34.2. The summed E-state index contributed by atoms with van der Waals surface area (Å²) in [5.41, 5.74) is 1.88. The number of methoxy groups -OCH3 is 3. The third-order valence-electron chi connectivity index (χ3n) is 17.3. The number of esters is 1. The van der Waals surface area contributed by atoms with Gasteiger partial charge in [0.1, 0.15) is 24.0 Å². The minimum Gasteiger partial charge on any atom is -0.456 e. The molecule has 3 aliphatic heterocycles. The first kappa shape index (κ1) is 60.5. The molecule has 14 unspecified atom stereocenters. The molecule has 3 heterocycles. The van der Waals surface area contributed by atoms with E-state index in [0.29, 0.717) is 32.1 Å². The van der Waals surface area contributed by atoms with Crippen LogP contribution >= 0.6 is 0 Å². The Kier molecular flexibility index (Phi) is 21.2. The number of allylic oxidation sites excluding steroid dienone is 3. The maximum atomic E-state index is 15.0. The Balaban J connectivity index is 1.87. The SMILES string of the molecule is CCC1/C=C(\C)CC(C)CC(OC)C2OC(O)(C(=O)C(=O)N3CCCCC3C(=O)OC(C(C)=CC3CCC(O[Si](C)(C)C(C)(C)C)C(OC)C3)C(C)C(O[Si](C)(C)C(C)(C)C)CC1=O)C(C)CC2OC. The molecule has 13 nitrogen and oxygen atoms in total. The van der Waals surface area contributed by atoms with Crippen molar-refractivity contribution in [2.24, 2.45) is 29.6 Å². The van der Waals surface area contributed by atoms with E-state index in [4.69, 9.17) is 32.5 Å². The van der Waals surface area contributed by atoms with Gasteiger partial charge in [0, 0.05) is 52.0 Å². The molecule has 0 spiro atoms. The monoisotopic (exact) mass is 1020 g/mol. The lowest BCUT2D eigenvalue weighted by atomic mass is 9.81. The number of carbonyl (C=O) groups is 4. The standard InChI is InChI=1S/C55H97NO12Si2/c1-20-40-28-34(2)27-35(3)29-46(63-14)49-47(64-15)31-37(5)55(61,66-49)50(58)51(59)56-26-22-21-23-41(56)52(60)65-48(38(6)44(33-42(40)57)68-70(18,19)54(10,11)12)36(4)30-39-24-25-43(45(32-39)62-13)67-69(16,17)53(7,8)9/h28,30,35,37-41,43-49,61H,20-27,29,31-33H2,1-19H3/b34-28+,36-30?. The van der Waals surface area contributed by atoms with Gasteiger partial charge >= 0.3 is 5.97 Å². The van der Waals surface area contributed by atoms with Gasteiger partial charge in [-0.2, -0.15) is 0 Å². The maximum Gasteiger partial charge on any atom is 0.329 e. The number of Topliss-reactive ketones (excluding diaryl/α,β-unsaturated/α-hetero) is 2. The lowest BCUT2D eigenvalue weighted by molar-refractivity contribution is -0.302. The van der Waals surface area contributed by atoms with Crippen LogP contribution < -0.4 is 0 Å². The fourth-order valence-electron chi connectivity index (χ4n) is 10.8. The van der Waals surface area contributed by atoms with E-state index in [1.165, 1.54) is 4.90 Å². The Bertz CT molecular complexity index is 1850. The molecule has 1 N–H and O–H groups in total. The summed E-state index contributed by atoms with van der Waals surface area (Å²) in [5.74, 6) is -6.72. The van der Waals surface area contributed by atoms with Crippen LogP contribution in [0.4, 0.5) is 0 Å². The van der Waals surface area contributed by atoms with Crippen molar-refractivity contribution >= 4 is 40.1 Å². The second-order valence-electron chi connectivity index (χ2n) is 24.9. The molecule has 3 fully saturated rings. The van der Waals surface area contributed by atoms with Gasteiger partial charge in [0.2, 0.25) is 5.79 Å². The van der Waals surface area contributed by atoms with E-state index in [0.717, 1.165) is 30.4 Å². The molecule has 2 bridgehead atoms. The second kappa shape index (κ2) is 24.5. The molecular formula is C55H97NO12Si2. The molecule has 1 amide bonds. The fraction of sp³-hybridized carbons (Fsp3) is 0.855. The topological polar surface area (TPSA) is 156 Å². The average molecular weight is 1020 g/mol. The summed E-state index contributed by atoms with van der Waals surface area (Å²) in [7, 11) is 0.260. The predicted molar refractivity (Wildman–Crippen MR) is 280 cm³/mol. The van der Waals surface area contributed by atoms with E-state index in [9.17, 15) is 19.5 Å². The first-order chi connectivity index (χ1) is 32.4. The molecule has 1 aliphatic carbocycles. The largest absolute Gasteiger partial charge is 0.456 e. The smallest absolute Gasteiger partial charge is 0.329 e. The van der Waals surface area contributed by atoms with Crippen molar-refractivity contribution in [3.8, 4) is 0 Å². The maximum absolute atomic E-state index is 15.0. The lowest BCUT2D eigenvalue weighted by Gasteiger charge is -2.47. The van der Waals surface area contributed by atoms with E-state index >= 15 is 4.79 Å². The molecule has 0 radical (unpaired) electrons. The van der Waals surface area contributed by atoms with E-state index in [-0.39, 0.29) is 71.6 Å².